The number of rotatable bonds is 8. The van der Waals surface area contributed by atoms with Crippen molar-refractivity contribution in [2.24, 2.45) is 5.92 Å². The highest BCUT2D eigenvalue weighted by Gasteiger charge is 2.31. The smallest absolute Gasteiger partial charge is 0.157 e. The number of ether oxygens (including phenoxy) is 2. The van der Waals surface area contributed by atoms with Crippen LogP contribution >= 0.6 is 0 Å². The first-order valence-corrected chi connectivity index (χ1v) is 14.5. The monoisotopic (exact) mass is 549 g/mol. The molecule has 0 radical (unpaired) electrons. The van der Waals surface area contributed by atoms with E-state index in [4.69, 9.17) is 9.47 Å². The molecule has 2 aliphatic rings. The van der Waals surface area contributed by atoms with Crippen LogP contribution in [0.1, 0.15) is 55.5 Å². The molecule has 0 spiro atoms. The van der Waals surface area contributed by atoms with E-state index < -0.39 is 17.2 Å². The molecule has 1 fully saturated rings. The highest BCUT2D eigenvalue weighted by atomic mass is 32.2. The third-order valence-electron chi connectivity index (χ3n) is 7.69. The minimum absolute atomic E-state index is 0.0166. The summed E-state index contributed by atoms with van der Waals surface area (Å²) in [5.41, 5.74) is 4.56. The molecule has 2 heterocycles. The molecule has 206 valence electrons. The average Bonchev–Trinajstić information content (AvgIpc) is 3.34. The van der Waals surface area contributed by atoms with E-state index in [1.54, 1.807) is 30.3 Å². The zero-order valence-corrected chi connectivity index (χ0v) is 23.3. The molecule has 3 N–H and O–H groups in total. The molecular formula is C31H35NO6S. The number of nitrogens with zero attached hydrogens (tertiary/aromatic N) is 1. The Morgan fingerprint density at radius 2 is 1.77 bits per heavy atom. The molecular weight excluding hydrogens is 514 g/mol. The van der Waals surface area contributed by atoms with E-state index in [0.717, 1.165) is 47.0 Å². The summed E-state index contributed by atoms with van der Waals surface area (Å²) in [4.78, 5) is 2.47. The highest BCUT2D eigenvalue weighted by Crippen LogP contribution is 2.48. The largest absolute Gasteiger partial charge is 0.508 e. The van der Waals surface area contributed by atoms with Gasteiger partial charge in [0.05, 0.1) is 5.75 Å². The summed E-state index contributed by atoms with van der Waals surface area (Å²) < 4.78 is 34.1. The summed E-state index contributed by atoms with van der Waals surface area (Å²) in [6.45, 7) is 9.28. The lowest BCUT2D eigenvalue weighted by Gasteiger charge is -2.32. The van der Waals surface area contributed by atoms with Crippen molar-refractivity contribution < 1.29 is 28.4 Å². The van der Waals surface area contributed by atoms with Gasteiger partial charge in [-0.15, -0.1) is 0 Å². The van der Waals surface area contributed by atoms with Crippen LogP contribution in [0.4, 0.5) is 0 Å². The molecule has 2 unspecified atom stereocenters. The van der Waals surface area contributed by atoms with Crippen molar-refractivity contribution in [1.29, 1.82) is 0 Å². The number of phenols is 2. The van der Waals surface area contributed by atoms with Crippen molar-refractivity contribution in [3.63, 3.8) is 0 Å². The fourth-order valence-electron chi connectivity index (χ4n) is 5.55. The number of benzene rings is 3. The van der Waals surface area contributed by atoms with Crippen LogP contribution in [0.5, 0.6) is 23.0 Å². The molecule has 8 heteroatoms. The lowest BCUT2D eigenvalue weighted by atomic mass is 9.84. The van der Waals surface area contributed by atoms with Crippen molar-refractivity contribution in [3.8, 4) is 23.0 Å². The van der Waals surface area contributed by atoms with Gasteiger partial charge in [-0.2, -0.15) is 0 Å². The van der Waals surface area contributed by atoms with Gasteiger partial charge in [-0.3, -0.25) is 4.90 Å². The van der Waals surface area contributed by atoms with Crippen LogP contribution < -0.4 is 9.47 Å². The Hall–Kier alpha value is -3.33. The van der Waals surface area contributed by atoms with E-state index in [9.17, 15) is 19.0 Å². The van der Waals surface area contributed by atoms with Gasteiger partial charge < -0.3 is 24.2 Å². The first kappa shape index (κ1) is 27.2. The summed E-state index contributed by atoms with van der Waals surface area (Å²) in [6.07, 6.45) is 0.714. The van der Waals surface area contributed by atoms with Crippen LogP contribution in [0.2, 0.25) is 0 Å². The number of fused-ring (bicyclic) bond motifs is 1. The van der Waals surface area contributed by atoms with E-state index in [-0.39, 0.29) is 17.3 Å². The molecule has 3 aromatic carbocycles. The molecule has 0 saturated carbocycles. The maximum atomic E-state index is 11.8. The van der Waals surface area contributed by atoms with Crippen LogP contribution in [-0.4, -0.2) is 49.6 Å². The Kier molecular flexibility index (Phi) is 7.98. The van der Waals surface area contributed by atoms with Gasteiger partial charge in [-0.1, -0.05) is 25.1 Å². The Balaban J connectivity index is 1.47. The molecule has 2 aliphatic heterocycles. The van der Waals surface area contributed by atoms with Crippen molar-refractivity contribution in [2.75, 3.05) is 19.7 Å². The van der Waals surface area contributed by atoms with Crippen LogP contribution in [0.25, 0.3) is 11.1 Å². The minimum Gasteiger partial charge on any atom is -0.508 e. The molecule has 0 bridgehead atoms. The van der Waals surface area contributed by atoms with E-state index in [1.807, 2.05) is 31.2 Å². The number of hydrogen-bond donors (Lipinski definition) is 3. The maximum Gasteiger partial charge on any atom is 0.157 e. The van der Waals surface area contributed by atoms with Gasteiger partial charge in [-0.05, 0) is 97.5 Å². The number of hydrogen-bond acceptors (Lipinski definition) is 6. The van der Waals surface area contributed by atoms with Gasteiger partial charge in [-0.25, -0.2) is 4.21 Å². The maximum absolute atomic E-state index is 11.8. The molecule has 0 amide bonds. The minimum atomic E-state index is -2.10. The van der Waals surface area contributed by atoms with Crippen LogP contribution in [0.3, 0.4) is 0 Å². The van der Waals surface area contributed by atoms with Gasteiger partial charge in [0.2, 0.25) is 0 Å². The first-order chi connectivity index (χ1) is 18.7. The second kappa shape index (κ2) is 11.4. The van der Waals surface area contributed by atoms with Gasteiger partial charge in [0.25, 0.3) is 0 Å². The summed E-state index contributed by atoms with van der Waals surface area (Å²) in [5.74, 6) is 2.15. The van der Waals surface area contributed by atoms with E-state index in [0.29, 0.717) is 29.5 Å². The Bertz CT molecular complexity index is 1400. The Labute approximate surface area is 232 Å². The molecule has 3 aromatic rings. The quantitative estimate of drug-likeness (QED) is 0.297. The summed E-state index contributed by atoms with van der Waals surface area (Å²) >= 11 is -2.10. The van der Waals surface area contributed by atoms with Crippen molar-refractivity contribution in [3.05, 3.63) is 82.9 Å². The molecule has 4 atom stereocenters. The summed E-state index contributed by atoms with van der Waals surface area (Å²) in [5, 5.41) is 20.3. The predicted octanol–water partition coefficient (Wildman–Crippen LogP) is 5.99. The van der Waals surface area contributed by atoms with Gasteiger partial charge in [0, 0.05) is 23.7 Å². The van der Waals surface area contributed by atoms with E-state index in [2.05, 4.69) is 18.7 Å². The molecule has 0 aromatic heterocycles. The van der Waals surface area contributed by atoms with Crippen molar-refractivity contribution >= 4 is 22.2 Å². The summed E-state index contributed by atoms with van der Waals surface area (Å²) in [6, 6.07) is 18.0. The molecule has 39 heavy (non-hydrogen) atoms. The first-order valence-electron chi connectivity index (χ1n) is 13.3. The van der Waals surface area contributed by atoms with Crippen molar-refractivity contribution in [2.45, 2.75) is 45.1 Å². The zero-order valence-electron chi connectivity index (χ0n) is 22.5. The number of allylic oxidation sites excluding steroid dienone is 1. The van der Waals surface area contributed by atoms with E-state index in [1.165, 1.54) is 12.5 Å². The van der Waals surface area contributed by atoms with E-state index >= 15 is 0 Å². The SMILES string of the molecule is CC1=C(c2ccc(O)cc2CS(=O)O)C(c2ccc(OC[C@H](C)N3CC[C@@H](C)C3)cc2)Oc2ccc(O)cc21. The van der Waals surface area contributed by atoms with Gasteiger partial charge >= 0.3 is 0 Å². The van der Waals surface area contributed by atoms with Gasteiger partial charge in [0.1, 0.15) is 35.7 Å². The lowest BCUT2D eigenvalue weighted by Crippen LogP contribution is -2.35. The average molecular weight is 550 g/mol. The van der Waals surface area contributed by atoms with Crippen LogP contribution in [0, 0.1) is 5.92 Å². The Morgan fingerprint density at radius 1 is 1.05 bits per heavy atom. The predicted molar refractivity (Wildman–Crippen MR) is 153 cm³/mol. The number of aromatic hydroxyl groups is 2. The fraction of sp³-hybridized carbons (Fsp3) is 0.355. The third kappa shape index (κ3) is 5.98. The Morgan fingerprint density at radius 3 is 2.46 bits per heavy atom. The highest BCUT2D eigenvalue weighted by molar-refractivity contribution is 7.78. The lowest BCUT2D eigenvalue weighted by molar-refractivity contribution is 0.169. The molecule has 7 nitrogen and oxygen atoms in total. The topological polar surface area (TPSA) is 99.5 Å². The van der Waals surface area contributed by atoms with Crippen LogP contribution in [-0.2, 0) is 16.8 Å². The summed E-state index contributed by atoms with van der Waals surface area (Å²) in [7, 11) is 0. The fourth-order valence-corrected chi connectivity index (χ4v) is 6.05. The number of likely N-dealkylation sites (tertiary alicyclic amines) is 1. The van der Waals surface area contributed by atoms with Gasteiger partial charge in [0.15, 0.2) is 11.1 Å². The standard InChI is InChI=1S/C31H35NO6S/c1-19-12-13-32(16-19)20(2)17-37-26-8-4-22(5-9-26)31-30(21(3)28-15-25(34)7-11-29(28)38-31)27-10-6-24(33)14-23(27)18-39(35)36/h4-11,14-15,19-20,31,33-34H,12-13,16-18H2,1-3H3,(H,35,36)/t19-,20+,31?/m1/s1. The second-order valence-corrected chi connectivity index (χ2v) is 11.6. The molecule has 5 rings (SSSR count). The second-order valence-electron chi connectivity index (χ2n) is 10.6. The molecule has 0 aliphatic carbocycles. The molecule has 1 saturated heterocycles. The zero-order chi connectivity index (χ0) is 27.7. The normalized spacial score (nSPS) is 20.8. The number of phenolic OH excluding ortho intramolecular Hbond substituents is 2. The van der Waals surface area contributed by atoms with Crippen LogP contribution in [0.15, 0.2) is 60.7 Å². The third-order valence-corrected chi connectivity index (χ3v) is 8.25. The van der Waals surface area contributed by atoms with Crippen molar-refractivity contribution in [1.82, 2.24) is 4.90 Å².